The number of nitrogens with zero attached hydrogens (tertiary/aromatic N) is 2. The molecular weight excluding hydrogens is 449 g/mol. The summed E-state index contributed by atoms with van der Waals surface area (Å²) in [6.07, 6.45) is 3.44. The molecule has 2 heterocycles. The van der Waals surface area contributed by atoms with Crippen LogP contribution in [0.2, 0.25) is 0 Å². The number of halogens is 1. The van der Waals surface area contributed by atoms with E-state index in [1.165, 1.54) is 11.3 Å². The van der Waals surface area contributed by atoms with E-state index in [1.807, 2.05) is 49.3 Å². The van der Waals surface area contributed by atoms with Crippen molar-refractivity contribution in [1.29, 1.82) is 0 Å². The second kappa shape index (κ2) is 8.11. The Kier molecular flexibility index (Phi) is 5.87. The molecule has 0 fully saturated rings. The number of pyridine rings is 1. The first kappa shape index (κ1) is 18.1. The van der Waals surface area contributed by atoms with Crippen LogP contribution in [0.5, 0.6) is 11.5 Å². The maximum atomic E-state index is 12.3. The van der Waals surface area contributed by atoms with Crippen molar-refractivity contribution in [3.05, 3.63) is 51.2 Å². The first-order valence-corrected chi connectivity index (χ1v) is 9.66. The molecular formula is C18H18IN3O2S. The van der Waals surface area contributed by atoms with E-state index in [-0.39, 0.29) is 5.91 Å². The summed E-state index contributed by atoms with van der Waals surface area (Å²) in [5.41, 5.74) is 0. The second-order valence-corrected chi connectivity index (χ2v) is 8.10. The molecule has 0 saturated heterocycles. The number of thiophene rings is 1. The van der Waals surface area contributed by atoms with Gasteiger partial charge in [-0.1, -0.05) is 0 Å². The van der Waals surface area contributed by atoms with Gasteiger partial charge in [0.1, 0.15) is 5.75 Å². The van der Waals surface area contributed by atoms with E-state index in [9.17, 15) is 4.79 Å². The third-order valence-corrected chi connectivity index (χ3v) is 5.31. The fraction of sp³-hybridized carbons (Fsp3) is 0.222. The molecule has 0 atom stereocenters. The molecule has 0 saturated carbocycles. The van der Waals surface area contributed by atoms with Crippen molar-refractivity contribution in [1.82, 2.24) is 15.2 Å². The molecule has 2 aromatic heterocycles. The molecule has 0 aliphatic rings. The Morgan fingerprint density at radius 2 is 2.04 bits per heavy atom. The van der Waals surface area contributed by atoms with Crippen molar-refractivity contribution in [3.8, 4) is 11.5 Å². The van der Waals surface area contributed by atoms with E-state index in [1.54, 1.807) is 12.4 Å². The largest absolute Gasteiger partial charge is 0.455 e. The zero-order chi connectivity index (χ0) is 17.8. The first-order valence-electron chi connectivity index (χ1n) is 7.77. The Morgan fingerprint density at radius 3 is 2.76 bits per heavy atom. The monoisotopic (exact) mass is 467 g/mol. The topological polar surface area (TPSA) is 54.5 Å². The number of aromatic nitrogens is 1. The van der Waals surface area contributed by atoms with Gasteiger partial charge in [-0.25, -0.2) is 0 Å². The molecule has 25 heavy (non-hydrogen) atoms. The summed E-state index contributed by atoms with van der Waals surface area (Å²) in [4.78, 5) is 19.2. The quantitative estimate of drug-likeness (QED) is 0.558. The number of hydrogen-bond acceptors (Lipinski definition) is 5. The maximum Gasteiger partial charge on any atom is 0.261 e. The minimum atomic E-state index is -0.0664. The van der Waals surface area contributed by atoms with Crippen LogP contribution >= 0.6 is 33.9 Å². The highest BCUT2D eigenvalue weighted by molar-refractivity contribution is 14.1. The summed E-state index contributed by atoms with van der Waals surface area (Å²) in [6, 6.07) is 9.68. The fourth-order valence-corrected chi connectivity index (χ4v) is 3.56. The van der Waals surface area contributed by atoms with Crippen molar-refractivity contribution < 1.29 is 9.53 Å². The van der Waals surface area contributed by atoms with Crippen LogP contribution in [0.3, 0.4) is 0 Å². The Balaban J connectivity index is 1.80. The van der Waals surface area contributed by atoms with Gasteiger partial charge in [0.05, 0.1) is 15.8 Å². The summed E-state index contributed by atoms with van der Waals surface area (Å²) in [5.74, 6) is 1.34. The van der Waals surface area contributed by atoms with E-state index < -0.39 is 0 Å². The molecule has 130 valence electrons. The molecule has 1 amide bonds. The molecule has 0 radical (unpaired) electrons. The zero-order valence-corrected chi connectivity index (χ0v) is 16.9. The Hall–Kier alpha value is -1.71. The number of carbonyl (C=O) groups excluding carboxylic acids is 1. The van der Waals surface area contributed by atoms with Crippen molar-refractivity contribution in [2.45, 2.75) is 0 Å². The number of ether oxygens (including phenoxy) is 1. The number of benzene rings is 1. The number of hydrogen-bond donors (Lipinski definition) is 1. The lowest BCUT2D eigenvalue weighted by Gasteiger charge is -2.09. The summed E-state index contributed by atoms with van der Waals surface area (Å²) >= 11 is 3.68. The molecule has 3 aromatic rings. The predicted octanol–water partition coefficient (Wildman–Crippen LogP) is 3.98. The Morgan fingerprint density at radius 1 is 1.28 bits per heavy atom. The fourth-order valence-electron chi connectivity index (χ4n) is 2.24. The molecule has 1 aromatic carbocycles. The van der Waals surface area contributed by atoms with E-state index >= 15 is 0 Å². The van der Waals surface area contributed by atoms with Gasteiger partial charge in [-0.3, -0.25) is 9.78 Å². The highest BCUT2D eigenvalue weighted by Gasteiger charge is 2.13. The number of nitrogens with one attached hydrogen (secondary N) is 1. The molecule has 0 bridgehead atoms. The molecule has 0 aliphatic carbocycles. The molecule has 0 spiro atoms. The molecule has 0 aliphatic heterocycles. The Labute approximate surface area is 164 Å². The second-order valence-electron chi connectivity index (χ2n) is 5.78. The average Bonchev–Trinajstić information content (AvgIpc) is 3.02. The molecule has 1 N–H and O–H groups in total. The predicted molar refractivity (Wildman–Crippen MR) is 110 cm³/mol. The highest BCUT2D eigenvalue weighted by Crippen LogP contribution is 2.34. The van der Waals surface area contributed by atoms with Gasteiger partial charge in [-0.2, -0.15) is 0 Å². The smallest absolute Gasteiger partial charge is 0.261 e. The van der Waals surface area contributed by atoms with E-state index in [0.717, 1.165) is 26.0 Å². The molecule has 7 heteroatoms. The SMILES string of the molecule is CN(C)CCNC(=O)c1cc2c(Oc3ccc(I)cc3)cncc2s1. The van der Waals surface area contributed by atoms with Gasteiger partial charge < -0.3 is 15.0 Å². The third kappa shape index (κ3) is 4.68. The van der Waals surface area contributed by atoms with Crippen LogP contribution in [0.25, 0.3) is 10.1 Å². The van der Waals surface area contributed by atoms with Crippen LogP contribution in [-0.4, -0.2) is 43.0 Å². The van der Waals surface area contributed by atoms with Gasteiger partial charge in [0, 0.05) is 28.2 Å². The van der Waals surface area contributed by atoms with Crippen molar-refractivity contribution >= 4 is 49.9 Å². The van der Waals surface area contributed by atoms with Crippen molar-refractivity contribution in [2.75, 3.05) is 27.2 Å². The standard InChI is InChI=1S/C18H18IN3O2S/c1-22(2)8-7-21-18(23)16-9-14-15(10-20-11-17(14)25-16)24-13-5-3-12(19)4-6-13/h3-6,9-11H,7-8H2,1-2H3,(H,21,23). The third-order valence-electron chi connectivity index (χ3n) is 3.52. The van der Waals surface area contributed by atoms with Crippen molar-refractivity contribution in [3.63, 3.8) is 0 Å². The van der Waals surface area contributed by atoms with Gasteiger partial charge in [0.25, 0.3) is 5.91 Å². The summed E-state index contributed by atoms with van der Waals surface area (Å²) in [6.45, 7) is 1.42. The minimum Gasteiger partial charge on any atom is -0.455 e. The highest BCUT2D eigenvalue weighted by atomic mass is 127. The number of likely N-dealkylation sites (N-methyl/N-ethyl adjacent to an activating group) is 1. The van der Waals surface area contributed by atoms with Gasteiger partial charge in [-0.15, -0.1) is 11.3 Å². The average molecular weight is 467 g/mol. The lowest BCUT2D eigenvalue weighted by atomic mass is 10.2. The van der Waals surface area contributed by atoms with Gasteiger partial charge in [0.15, 0.2) is 5.75 Å². The number of fused-ring (bicyclic) bond motifs is 1. The lowest BCUT2D eigenvalue weighted by molar-refractivity contribution is 0.0955. The van der Waals surface area contributed by atoms with Crippen LogP contribution in [0, 0.1) is 3.57 Å². The molecule has 3 rings (SSSR count). The number of amides is 1. The van der Waals surface area contributed by atoms with Crippen LogP contribution in [0.1, 0.15) is 9.67 Å². The van der Waals surface area contributed by atoms with Gasteiger partial charge >= 0.3 is 0 Å². The first-order chi connectivity index (χ1) is 12.0. The molecule has 0 unspecified atom stereocenters. The van der Waals surface area contributed by atoms with E-state index in [2.05, 4.69) is 32.9 Å². The number of rotatable bonds is 6. The van der Waals surface area contributed by atoms with Crippen LogP contribution in [-0.2, 0) is 0 Å². The summed E-state index contributed by atoms with van der Waals surface area (Å²) < 4.78 is 8.03. The zero-order valence-electron chi connectivity index (χ0n) is 14.0. The van der Waals surface area contributed by atoms with Crippen LogP contribution in [0.4, 0.5) is 0 Å². The lowest BCUT2D eigenvalue weighted by Crippen LogP contribution is -2.30. The maximum absolute atomic E-state index is 12.3. The Bertz CT molecular complexity index is 878. The van der Waals surface area contributed by atoms with E-state index in [4.69, 9.17) is 4.74 Å². The summed E-state index contributed by atoms with van der Waals surface area (Å²) in [5, 5.41) is 3.83. The molecule has 5 nitrogen and oxygen atoms in total. The van der Waals surface area contributed by atoms with Crippen LogP contribution in [0.15, 0.2) is 42.7 Å². The van der Waals surface area contributed by atoms with Gasteiger partial charge in [0.2, 0.25) is 0 Å². The van der Waals surface area contributed by atoms with Gasteiger partial charge in [-0.05, 0) is 67.0 Å². The number of carbonyl (C=O) groups is 1. The normalized spacial score (nSPS) is 11.0. The van der Waals surface area contributed by atoms with Crippen LogP contribution < -0.4 is 10.1 Å². The van der Waals surface area contributed by atoms with E-state index in [0.29, 0.717) is 17.2 Å². The summed E-state index contributed by atoms with van der Waals surface area (Å²) in [7, 11) is 3.96. The van der Waals surface area contributed by atoms with Crippen molar-refractivity contribution in [2.24, 2.45) is 0 Å². The minimum absolute atomic E-state index is 0.0664.